The van der Waals surface area contributed by atoms with E-state index in [1.165, 1.54) is 61.9 Å². The molecule has 0 N–H and O–H groups in total. The maximum Gasteiger partial charge on any atom is 0.152 e. The van der Waals surface area contributed by atoms with E-state index in [0.717, 1.165) is 28.5 Å². The monoisotopic (exact) mass is 567 g/mol. The SMILES string of the molecule is CC(C)(C)c1ccc2c(c1)c1cc(C(C)(C)C)cc3c1n2-c1sc2c(oc4cc(C#N)c(C#N)cc42)c1C31CCCC1. The van der Waals surface area contributed by atoms with Gasteiger partial charge in [-0.15, -0.1) is 11.3 Å². The van der Waals surface area contributed by atoms with Crippen LogP contribution in [-0.2, 0) is 16.2 Å². The molecule has 1 aliphatic heterocycles. The van der Waals surface area contributed by atoms with Gasteiger partial charge in [0.15, 0.2) is 5.58 Å². The third-order valence-electron chi connectivity index (χ3n) is 9.91. The highest BCUT2D eigenvalue weighted by Gasteiger charge is 2.48. The molecule has 0 radical (unpaired) electrons. The van der Waals surface area contributed by atoms with E-state index >= 15 is 0 Å². The van der Waals surface area contributed by atoms with Gasteiger partial charge in [0.2, 0.25) is 0 Å². The lowest BCUT2D eigenvalue weighted by Crippen LogP contribution is -2.29. The maximum atomic E-state index is 9.80. The largest absolute Gasteiger partial charge is 0.455 e. The quantitative estimate of drug-likeness (QED) is 0.183. The Hall–Kier alpha value is -4.06. The van der Waals surface area contributed by atoms with Gasteiger partial charge in [-0.2, -0.15) is 10.5 Å². The second-order valence-electron chi connectivity index (χ2n) is 14.4. The molecule has 5 heteroatoms. The van der Waals surface area contributed by atoms with Crippen LogP contribution < -0.4 is 0 Å². The predicted molar refractivity (Wildman–Crippen MR) is 172 cm³/mol. The Balaban J connectivity index is 1.58. The zero-order chi connectivity index (χ0) is 29.3. The van der Waals surface area contributed by atoms with E-state index < -0.39 is 0 Å². The second-order valence-corrected chi connectivity index (χ2v) is 15.4. The van der Waals surface area contributed by atoms with E-state index in [-0.39, 0.29) is 16.2 Å². The first-order valence-electron chi connectivity index (χ1n) is 14.9. The van der Waals surface area contributed by atoms with Gasteiger partial charge >= 0.3 is 0 Å². The average molecular weight is 568 g/mol. The number of nitrogens with zero attached hydrogens (tertiary/aromatic N) is 3. The summed E-state index contributed by atoms with van der Waals surface area (Å²) in [5.41, 5.74) is 10.3. The molecule has 42 heavy (non-hydrogen) atoms. The molecule has 1 aliphatic carbocycles. The van der Waals surface area contributed by atoms with Crippen molar-refractivity contribution in [2.75, 3.05) is 0 Å². The molecule has 8 rings (SSSR count). The summed E-state index contributed by atoms with van der Waals surface area (Å²) >= 11 is 1.78. The van der Waals surface area contributed by atoms with Gasteiger partial charge < -0.3 is 4.42 Å². The number of hydrogen-bond donors (Lipinski definition) is 0. The van der Waals surface area contributed by atoms with Crippen molar-refractivity contribution < 1.29 is 4.42 Å². The molecule has 0 atom stereocenters. The molecule has 3 aromatic carbocycles. The molecule has 0 unspecified atom stereocenters. The summed E-state index contributed by atoms with van der Waals surface area (Å²) in [4.78, 5) is 0. The van der Waals surface area contributed by atoms with Gasteiger partial charge in [0.25, 0.3) is 0 Å². The lowest BCUT2D eigenvalue weighted by Gasteiger charge is -2.36. The van der Waals surface area contributed by atoms with Crippen molar-refractivity contribution in [2.45, 2.75) is 83.5 Å². The molecule has 1 fully saturated rings. The second kappa shape index (κ2) is 8.06. The molecule has 1 saturated carbocycles. The molecule has 208 valence electrons. The van der Waals surface area contributed by atoms with Crippen LogP contribution in [-0.4, -0.2) is 4.57 Å². The number of benzene rings is 3. The van der Waals surface area contributed by atoms with Gasteiger partial charge in [-0.3, -0.25) is 4.57 Å². The standard InChI is InChI=1S/C37H33N3OS/c1-35(2,3)22-9-10-28-24(15-22)25-16-23(36(4,5)6)17-27-31(25)40(28)34-30(37(27)11-7-8-12-37)32-33(42-34)26-13-20(18-38)21(19-39)14-29(26)41-32/h9-10,13-17H,7-8,11-12H2,1-6H3. The third-order valence-corrected chi connectivity index (χ3v) is 11.1. The van der Waals surface area contributed by atoms with Crippen LogP contribution >= 0.6 is 11.3 Å². The van der Waals surface area contributed by atoms with E-state index in [1.807, 2.05) is 6.07 Å². The zero-order valence-electron chi connectivity index (χ0n) is 25.0. The summed E-state index contributed by atoms with van der Waals surface area (Å²) in [7, 11) is 0. The molecular weight excluding hydrogens is 534 g/mol. The summed E-state index contributed by atoms with van der Waals surface area (Å²) in [6.07, 6.45) is 4.55. The normalized spacial score (nSPS) is 16.1. The van der Waals surface area contributed by atoms with Crippen molar-refractivity contribution in [3.8, 4) is 17.1 Å². The fourth-order valence-electron chi connectivity index (χ4n) is 7.65. The van der Waals surface area contributed by atoms with Crippen molar-refractivity contribution in [3.63, 3.8) is 0 Å². The first-order valence-corrected chi connectivity index (χ1v) is 15.8. The summed E-state index contributed by atoms with van der Waals surface area (Å²) in [5.74, 6) is 0. The Kier molecular flexibility index (Phi) is 4.92. The molecule has 1 spiro atoms. The van der Waals surface area contributed by atoms with Gasteiger partial charge in [-0.25, -0.2) is 0 Å². The Morgan fingerprint density at radius 2 is 1.48 bits per heavy atom. The number of aromatic nitrogens is 1. The minimum atomic E-state index is -0.131. The van der Waals surface area contributed by atoms with Crippen LogP contribution in [0.3, 0.4) is 0 Å². The summed E-state index contributed by atoms with van der Waals surface area (Å²) in [6.45, 7) is 13.8. The minimum Gasteiger partial charge on any atom is -0.455 e. The lowest BCUT2D eigenvalue weighted by atomic mass is 9.70. The first-order chi connectivity index (χ1) is 20.0. The van der Waals surface area contributed by atoms with Gasteiger partial charge in [0.1, 0.15) is 22.7 Å². The number of rotatable bonds is 0. The molecule has 3 aromatic heterocycles. The van der Waals surface area contributed by atoms with Crippen molar-refractivity contribution >= 4 is 54.4 Å². The van der Waals surface area contributed by atoms with Crippen LogP contribution in [0.4, 0.5) is 0 Å². The van der Waals surface area contributed by atoms with Crippen LogP contribution in [0.15, 0.2) is 46.9 Å². The number of nitriles is 2. The van der Waals surface area contributed by atoms with Crippen LogP contribution in [0, 0.1) is 22.7 Å². The molecule has 6 aromatic rings. The Morgan fingerprint density at radius 3 is 2.14 bits per heavy atom. The van der Waals surface area contributed by atoms with Crippen molar-refractivity contribution in [3.05, 3.63) is 75.8 Å². The topological polar surface area (TPSA) is 65.7 Å². The molecule has 0 bridgehead atoms. The maximum absolute atomic E-state index is 9.80. The minimum absolute atomic E-state index is 0.00550. The molecular formula is C37H33N3OS. The van der Waals surface area contributed by atoms with Crippen molar-refractivity contribution in [1.82, 2.24) is 4.57 Å². The predicted octanol–water partition coefficient (Wildman–Crippen LogP) is 10.3. The summed E-state index contributed by atoms with van der Waals surface area (Å²) in [6, 6.07) is 20.0. The number of furan rings is 1. The van der Waals surface area contributed by atoms with E-state index in [4.69, 9.17) is 4.42 Å². The number of thiophene rings is 1. The number of hydrogen-bond acceptors (Lipinski definition) is 4. The molecule has 4 heterocycles. The Labute approximate surface area is 249 Å². The van der Waals surface area contributed by atoms with E-state index in [0.29, 0.717) is 16.7 Å². The lowest BCUT2D eigenvalue weighted by molar-refractivity contribution is 0.519. The van der Waals surface area contributed by atoms with E-state index in [1.54, 1.807) is 17.4 Å². The van der Waals surface area contributed by atoms with Crippen LogP contribution in [0.1, 0.15) is 101 Å². The van der Waals surface area contributed by atoms with Crippen LogP contribution in [0.2, 0.25) is 0 Å². The van der Waals surface area contributed by atoms with Gasteiger partial charge in [0, 0.05) is 33.2 Å². The van der Waals surface area contributed by atoms with E-state index in [9.17, 15) is 10.5 Å². The Morgan fingerprint density at radius 1 is 0.810 bits per heavy atom. The highest BCUT2D eigenvalue weighted by atomic mass is 32.1. The summed E-state index contributed by atoms with van der Waals surface area (Å²) in [5, 5.41) is 24.3. The summed E-state index contributed by atoms with van der Waals surface area (Å²) < 4.78 is 10.3. The average Bonchev–Trinajstić information content (AvgIpc) is 3.71. The Bertz CT molecular complexity index is 2240. The van der Waals surface area contributed by atoms with E-state index in [2.05, 4.69) is 88.6 Å². The fourth-order valence-corrected chi connectivity index (χ4v) is 9.02. The smallest absolute Gasteiger partial charge is 0.152 e. The van der Waals surface area contributed by atoms with Crippen molar-refractivity contribution in [2.24, 2.45) is 0 Å². The molecule has 4 nitrogen and oxygen atoms in total. The third kappa shape index (κ3) is 3.15. The zero-order valence-corrected chi connectivity index (χ0v) is 25.8. The van der Waals surface area contributed by atoms with Crippen LogP contribution in [0.25, 0.3) is 48.1 Å². The van der Waals surface area contributed by atoms with Crippen LogP contribution in [0.5, 0.6) is 0 Å². The van der Waals surface area contributed by atoms with Gasteiger partial charge in [0.05, 0.1) is 26.9 Å². The van der Waals surface area contributed by atoms with Gasteiger partial charge in [-0.05, 0) is 64.6 Å². The van der Waals surface area contributed by atoms with Gasteiger partial charge in [-0.1, -0.05) is 66.5 Å². The first kappa shape index (κ1) is 25.6. The molecule has 0 amide bonds. The molecule has 2 aliphatic rings. The molecule has 0 saturated heterocycles. The fraction of sp³-hybridized carbons (Fsp3) is 0.351. The highest BCUT2D eigenvalue weighted by molar-refractivity contribution is 7.22. The highest BCUT2D eigenvalue weighted by Crippen LogP contribution is 2.60. The number of fused-ring (bicyclic) bond motifs is 11. The van der Waals surface area contributed by atoms with Crippen molar-refractivity contribution in [1.29, 1.82) is 10.5 Å².